The van der Waals surface area contributed by atoms with Crippen LogP contribution < -0.4 is 19.7 Å². The zero-order valence-corrected chi connectivity index (χ0v) is 17.1. The lowest BCUT2D eigenvalue weighted by Crippen LogP contribution is -2.54. The number of anilines is 1. The third-order valence-electron chi connectivity index (χ3n) is 4.69. The maximum absolute atomic E-state index is 13.1. The number of halogens is 1. The number of hydrogen-bond acceptors (Lipinski definition) is 5. The van der Waals surface area contributed by atoms with Crippen LogP contribution in [0.15, 0.2) is 35.9 Å². The zero-order valence-electron chi connectivity index (χ0n) is 16.3. The van der Waals surface area contributed by atoms with E-state index >= 15 is 0 Å². The van der Waals surface area contributed by atoms with Gasteiger partial charge in [-0.15, -0.1) is 0 Å². The molecule has 0 radical (unpaired) electrons. The minimum atomic E-state index is -0.833. The molecule has 7 nitrogen and oxygen atoms in total. The van der Waals surface area contributed by atoms with Crippen LogP contribution in [0.2, 0.25) is 5.02 Å². The number of imide groups is 2. The Morgan fingerprint density at radius 2 is 1.72 bits per heavy atom. The number of rotatable bonds is 4. The third kappa shape index (κ3) is 3.56. The van der Waals surface area contributed by atoms with Crippen molar-refractivity contribution >= 4 is 41.2 Å². The lowest BCUT2D eigenvalue weighted by Gasteiger charge is -2.28. The average Bonchev–Trinajstić information content (AvgIpc) is 2.68. The van der Waals surface area contributed by atoms with Gasteiger partial charge in [-0.2, -0.15) is 0 Å². The van der Waals surface area contributed by atoms with Crippen molar-refractivity contribution in [3.8, 4) is 11.5 Å². The van der Waals surface area contributed by atoms with Gasteiger partial charge in [-0.3, -0.25) is 14.9 Å². The second kappa shape index (κ2) is 7.97. The van der Waals surface area contributed by atoms with Crippen molar-refractivity contribution < 1.29 is 23.9 Å². The SMILES string of the molecule is COc1ccc(/C=C2\C(=O)NC(=O)N(c3cccc(Cl)c3C)C2=O)c(OC)c1C. The standard InChI is InChI=1S/C21H19ClN2O5/c1-11-15(22)6-5-7-16(11)24-20(26)14(19(25)23-21(24)27)10-13-8-9-17(28-3)12(2)18(13)29-4/h5-10H,1-4H3,(H,23,25,27)/b14-10+. The summed E-state index contributed by atoms with van der Waals surface area (Å²) in [4.78, 5) is 38.8. The van der Waals surface area contributed by atoms with Gasteiger partial charge in [0.15, 0.2) is 0 Å². The number of barbiturate groups is 1. The summed E-state index contributed by atoms with van der Waals surface area (Å²) in [5, 5.41) is 2.60. The van der Waals surface area contributed by atoms with E-state index < -0.39 is 17.8 Å². The monoisotopic (exact) mass is 414 g/mol. The van der Waals surface area contributed by atoms with E-state index in [1.54, 1.807) is 44.2 Å². The van der Waals surface area contributed by atoms with E-state index in [1.165, 1.54) is 20.3 Å². The van der Waals surface area contributed by atoms with Gasteiger partial charge in [0, 0.05) is 16.1 Å². The normalized spacial score (nSPS) is 15.6. The summed E-state index contributed by atoms with van der Waals surface area (Å²) >= 11 is 6.13. The number of methoxy groups -OCH3 is 2. The van der Waals surface area contributed by atoms with Gasteiger partial charge < -0.3 is 9.47 Å². The van der Waals surface area contributed by atoms with Gasteiger partial charge in [-0.1, -0.05) is 17.7 Å². The number of hydrogen-bond donors (Lipinski definition) is 1. The van der Waals surface area contributed by atoms with E-state index in [0.29, 0.717) is 38.9 Å². The van der Waals surface area contributed by atoms with Crippen LogP contribution in [0.4, 0.5) is 10.5 Å². The highest BCUT2D eigenvalue weighted by molar-refractivity contribution is 6.40. The summed E-state index contributed by atoms with van der Waals surface area (Å²) in [5.41, 5.74) is 1.86. The number of carbonyl (C=O) groups is 3. The van der Waals surface area contributed by atoms with Gasteiger partial charge in [0.2, 0.25) is 0 Å². The molecule has 1 aliphatic rings. The largest absolute Gasteiger partial charge is 0.496 e. The van der Waals surface area contributed by atoms with E-state index in [1.807, 2.05) is 0 Å². The minimum absolute atomic E-state index is 0.202. The van der Waals surface area contributed by atoms with E-state index in [-0.39, 0.29) is 5.57 Å². The molecular formula is C21H19ClN2O5. The Kier molecular flexibility index (Phi) is 5.61. The molecule has 0 aromatic heterocycles. The first kappa shape index (κ1) is 20.4. The molecule has 1 N–H and O–H groups in total. The van der Waals surface area contributed by atoms with E-state index in [0.717, 1.165) is 4.90 Å². The van der Waals surface area contributed by atoms with Gasteiger partial charge >= 0.3 is 6.03 Å². The maximum Gasteiger partial charge on any atom is 0.335 e. The number of benzene rings is 2. The second-order valence-electron chi connectivity index (χ2n) is 6.36. The molecule has 0 unspecified atom stereocenters. The molecule has 3 rings (SSSR count). The molecule has 29 heavy (non-hydrogen) atoms. The Balaban J connectivity index is 2.12. The smallest absolute Gasteiger partial charge is 0.335 e. The van der Waals surface area contributed by atoms with Gasteiger partial charge in [0.1, 0.15) is 17.1 Å². The quantitative estimate of drug-likeness (QED) is 0.609. The molecule has 0 spiro atoms. The molecule has 1 saturated heterocycles. The average molecular weight is 415 g/mol. The molecule has 1 fully saturated rings. The van der Waals surface area contributed by atoms with Crippen molar-refractivity contribution in [2.45, 2.75) is 13.8 Å². The Morgan fingerprint density at radius 1 is 1.00 bits per heavy atom. The molecule has 0 bridgehead atoms. The van der Waals surface area contributed by atoms with E-state index in [9.17, 15) is 14.4 Å². The number of nitrogens with one attached hydrogen (secondary N) is 1. The molecule has 4 amide bonds. The van der Waals surface area contributed by atoms with Crippen LogP contribution in [0.3, 0.4) is 0 Å². The summed E-state index contributed by atoms with van der Waals surface area (Å²) in [5.74, 6) is -0.472. The fourth-order valence-corrected chi connectivity index (χ4v) is 3.34. The number of ether oxygens (including phenoxy) is 2. The van der Waals surface area contributed by atoms with Crippen LogP contribution in [0.1, 0.15) is 16.7 Å². The van der Waals surface area contributed by atoms with Crippen LogP contribution in [0.5, 0.6) is 11.5 Å². The fourth-order valence-electron chi connectivity index (χ4n) is 3.17. The highest BCUT2D eigenvalue weighted by Crippen LogP contribution is 2.34. The molecule has 150 valence electrons. The number of amides is 4. The summed E-state index contributed by atoms with van der Waals surface area (Å²) in [6.07, 6.45) is 1.39. The topological polar surface area (TPSA) is 84.9 Å². The molecule has 0 aliphatic carbocycles. The predicted molar refractivity (Wildman–Crippen MR) is 109 cm³/mol. The number of carbonyl (C=O) groups excluding carboxylic acids is 3. The number of nitrogens with zero attached hydrogens (tertiary/aromatic N) is 1. The van der Waals surface area contributed by atoms with Crippen molar-refractivity contribution in [1.82, 2.24) is 5.32 Å². The van der Waals surface area contributed by atoms with Crippen molar-refractivity contribution in [1.29, 1.82) is 0 Å². The van der Waals surface area contributed by atoms with Crippen LogP contribution in [-0.4, -0.2) is 32.1 Å². The van der Waals surface area contributed by atoms with Crippen LogP contribution >= 0.6 is 11.6 Å². The molecule has 0 saturated carbocycles. The fraction of sp³-hybridized carbons (Fsp3) is 0.190. The van der Waals surface area contributed by atoms with Crippen molar-refractivity contribution in [3.63, 3.8) is 0 Å². The highest BCUT2D eigenvalue weighted by atomic mass is 35.5. The lowest BCUT2D eigenvalue weighted by atomic mass is 10.0. The van der Waals surface area contributed by atoms with Crippen LogP contribution in [0.25, 0.3) is 6.08 Å². The molecular weight excluding hydrogens is 396 g/mol. The summed E-state index contributed by atoms with van der Waals surface area (Å²) in [6, 6.07) is 7.41. The summed E-state index contributed by atoms with van der Waals surface area (Å²) in [6.45, 7) is 3.49. The summed E-state index contributed by atoms with van der Waals surface area (Å²) < 4.78 is 10.7. The molecule has 1 aliphatic heterocycles. The molecule has 2 aromatic rings. The van der Waals surface area contributed by atoms with Gasteiger partial charge in [0.05, 0.1) is 19.9 Å². The van der Waals surface area contributed by atoms with Crippen molar-refractivity contribution in [3.05, 3.63) is 57.6 Å². The molecule has 8 heteroatoms. The Labute approximate surface area is 172 Å². The number of urea groups is 1. The molecule has 2 aromatic carbocycles. The third-order valence-corrected chi connectivity index (χ3v) is 5.10. The molecule has 1 heterocycles. The van der Waals surface area contributed by atoms with E-state index in [2.05, 4.69) is 5.32 Å². The lowest BCUT2D eigenvalue weighted by molar-refractivity contribution is -0.122. The van der Waals surface area contributed by atoms with Crippen molar-refractivity contribution in [2.75, 3.05) is 19.1 Å². The maximum atomic E-state index is 13.1. The van der Waals surface area contributed by atoms with Gasteiger partial charge in [-0.05, 0) is 49.8 Å². The minimum Gasteiger partial charge on any atom is -0.496 e. The van der Waals surface area contributed by atoms with E-state index in [4.69, 9.17) is 21.1 Å². The van der Waals surface area contributed by atoms with Crippen molar-refractivity contribution in [2.24, 2.45) is 0 Å². The zero-order chi connectivity index (χ0) is 21.3. The Hall–Kier alpha value is -3.32. The predicted octanol–water partition coefficient (Wildman–Crippen LogP) is 3.64. The summed E-state index contributed by atoms with van der Waals surface area (Å²) in [7, 11) is 3.02. The van der Waals surface area contributed by atoms with Crippen LogP contribution in [0, 0.1) is 13.8 Å². The second-order valence-corrected chi connectivity index (χ2v) is 6.76. The first-order valence-corrected chi connectivity index (χ1v) is 9.06. The molecule has 0 atom stereocenters. The Bertz CT molecular complexity index is 1060. The highest BCUT2D eigenvalue weighted by Gasteiger charge is 2.37. The Morgan fingerprint density at radius 3 is 2.38 bits per heavy atom. The van der Waals surface area contributed by atoms with Gasteiger partial charge in [0.25, 0.3) is 11.8 Å². The first-order chi connectivity index (χ1) is 13.8. The van der Waals surface area contributed by atoms with Crippen LogP contribution in [-0.2, 0) is 9.59 Å². The van der Waals surface area contributed by atoms with Gasteiger partial charge in [-0.25, -0.2) is 9.69 Å². The first-order valence-electron chi connectivity index (χ1n) is 8.68.